The van der Waals surface area contributed by atoms with E-state index in [4.69, 9.17) is 0 Å². The summed E-state index contributed by atoms with van der Waals surface area (Å²) in [6, 6.07) is 2.01. The molecule has 1 amide bonds. The summed E-state index contributed by atoms with van der Waals surface area (Å²) in [5.74, 6) is 0.238. The van der Waals surface area contributed by atoms with E-state index in [-0.39, 0.29) is 5.91 Å². The molecule has 98 valence electrons. The molecule has 0 unspecified atom stereocenters. The van der Waals surface area contributed by atoms with Crippen LogP contribution < -0.4 is 0 Å². The minimum atomic E-state index is 0.238. The third kappa shape index (κ3) is 2.46. The standard InChI is InChI=1S/C14H18INOS/c15-12-9-11(10-18-12)13(17)16-7-5-14(6-8-16)3-1-2-4-14/h9-10H,1-8H2. The van der Waals surface area contributed by atoms with Crippen molar-refractivity contribution in [2.45, 2.75) is 38.5 Å². The van der Waals surface area contributed by atoms with Crippen LogP contribution >= 0.6 is 33.9 Å². The predicted octanol–water partition coefficient (Wildman–Crippen LogP) is 4.15. The lowest BCUT2D eigenvalue weighted by Gasteiger charge is -2.39. The van der Waals surface area contributed by atoms with Gasteiger partial charge in [0.15, 0.2) is 0 Å². The van der Waals surface area contributed by atoms with Crippen LogP contribution in [0.3, 0.4) is 0 Å². The average molecular weight is 375 g/mol. The SMILES string of the molecule is O=C(c1csc(I)c1)N1CCC2(CCCC2)CC1. The molecule has 2 heterocycles. The van der Waals surface area contributed by atoms with Gasteiger partial charge in [-0.05, 0) is 59.8 Å². The molecule has 2 aliphatic rings. The second-order valence-electron chi connectivity index (χ2n) is 5.64. The highest BCUT2D eigenvalue weighted by molar-refractivity contribution is 14.1. The van der Waals surface area contributed by atoms with Gasteiger partial charge in [0.05, 0.1) is 8.45 Å². The summed E-state index contributed by atoms with van der Waals surface area (Å²) in [5, 5.41) is 1.99. The maximum absolute atomic E-state index is 12.3. The van der Waals surface area contributed by atoms with Crippen molar-refractivity contribution < 1.29 is 4.79 Å². The van der Waals surface area contributed by atoms with Crippen molar-refractivity contribution >= 4 is 39.8 Å². The Labute approximate surface area is 126 Å². The normalized spacial score (nSPS) is 22.6. The van der Waals surface area contributed by atoms with Crippen LogP contribution in [0.1, 0.15) is 48.9 Å². The van der Waals surface area contributed by atoms with Gasteiger partial charge in [0.25, 0.3) is 5.91 Å². The molecule has 0 aromatic carbocycles. The van der Waals surface area contributed by atoms with E-state index in [0.29, 0.717) is 5.41 Å². The fourth-order valence-corrected chi connectivity index (χ4v) is 4.73. The molecule has 0 N–H and O–H groups in total. The molecule has 2 nitrogen and oxygen atoms in total. The Balaban J connectivity index is 1.64. The van der Waals surface area contributed by atoms with Crippen molar-refractivity contribution in [2.24, 2.45) is 5.41 Å². The van der Waals surface area contributed by atoms with Crippen LogP contribution in [0, 0.1) is 8.30 Å². The Bertz CT molecular complexity index is 440. The van der Waals surface area contributed by atoms with Crippen LogP contribution in [0.4, 0.5) is 0 Å². The van der Waals surface area contributed by atoms with Crippen molar-refractivity contribution in [2.75, 3.05) is 13.1 Å². The lowest BCUT2D eigenvalue weighted by molar-refractivity contribution is 0.0588. The number of piperidine rings is 1. The van der Waals surface area contributed by atoms with Crippen molar-refractivity contribution in [1.29, 1.82) is 0 Å². The van der Waals surface area contributed by atoms with Gasteiger partial charge in [0.1, 0.15) is 0 Å². The number of nitrogens with zero attached hydrogens (tertiary/aromatic N) is 1. The Hall–Kier alpha value is -0.100. The molecule has 1 saturated heterocycles. The fourth-order valence-electron chi connectivity index (χ4n) is 3.41. The molecule has 1 spiro atoms. The Morgan fingerprint density at radius 2 is 1.89 bits per heavy atom. The first-order chi connectivity index (χ1) is 8.69. The number of likely N-dealkylation sites (tertiary alicyclic amines) is 1. The molecule has 3 rings (SSSR count). The summed E-state index contributed by atoms with van der Waals surface area (Å²) >= 11 is 3.93. The summed E-state index contributed by atoms with van der Waals surface area (Å²) in [6.07, 6.45) is 8.03. The second-order valence-corrected chi connectivity index (χ2v) is 8.44. The summed E-state index contributed by atoms with van der Waals surface area (Å²) in [7, 11) is 0. The summed E-state index contributed by atoms with van der Waals surface area (Å²) in [4.78, 5) is 14.4. The summed E-state index contributed by atoms with van der Waals surface area (Å²) in [6.45, 7) is 1.93. The van der Waals surface area contributed by atoms with Crippen LogP contribution in [0.5, 0.6) is 0 Å². The third-order valence-corrected chi connectivity index (χ3v) is 6.38. The Morgan fingerprint density at radius 3 is 2.44 bits per heavy atom. The van der Waals surface area contributed by atoms with Crippen LogP contribution in [0.15, 0.2) is 11.4 Å². The van der Waals surface area contributed by atoms with E-state index >= 15 is 0 Å². The fraction of sp³-hybridized carbons (Fsp3) is 0.643. The van der Waals surface area contributed by atoms with Gasteiger partial charge in [-0.15, -0.1) is 11.3 Å². The molecular weight excluding hydrogens is 357 g/mol. The van der Waals surface area contributed by atoms with E-state index in [0.717, 1.165) is 18.7 Å². The van der Waals surface area contributed by atoms with E-state index in [1.165, 1.54) is 41.4 Å². The molecule has 0 bridgehead atoms. The number of hydrogen-bond donors (Lipinski definition) is 0. The molecular formula is C14H18INOS. The van der Waals surface area contributed by atoms with Crippen LogP contribution in [0.2, 0.25) is 0 Å². The molecule has 0 radical (unpaired) electrons. The predicted molar refractivity (Wildman–Crippen MR) is 83.1 cm³/mol. The van der Waals surface area contributed by atoms with Crippen LogP contribution in [-0.2, 0) is 0 Å². The van der Waals surface area contributed by atoms with Crippen molar-refractivity contribution in [3.63, 3.8) is 0 Å². The smallest absolute Gasteiger partial charge is 0.254 e. The molecule has 2 fully saturated rings. The topological polar surface area (TPSA) is 20.3 Å². The van der Waals surface area contributed by atoms with Crippen molar-refractivity contribution in [1.82, 2.24) is 4.90 Å². The lowest BCUT2D eigenvalue weighted by atomic mass is 9.77. The zero-order valence-electron chi connectivity index (χ0n) is 10.5. The van der Waals surface area contributed by atoms with Gasteiger partial charge in [0, 0.05) is 18.5 Å². The van der Waals surface area contributed by atoms with Crippen LogP contribution in [-0.4, -0.2) is 23.9 Å². The number of halogens is 1. The minimum absolute atomic E-state index is 0.238. The second kappa shape index (κ2) is 5.12. The highest BCUT2D eigenvalue weighted by Crippen LogP contribution is 2.46. The van der Waals surface area contributed by atoms with Gasteiger partial charge in [0.2, 0.25) is 0 Å². The van der Waals surface area contributed by atoms with E-state index < -0.39 is 0 Å². The van der Waals surface area contributed by atoms with Gasteiger partial charge >= 0.3 is 0 Å². The first-order valence-electron chi connectivity index (χ1n) is 6.72. The average Bonchev–Trinajstić information content (AvgIpc) is 3.00. The maximum Gasteiger partial charge on any atom is 0.254 e. The van der Waals surface area contributed by atoms with Crippen molar-refractivity contribution in [3.05, 3.63) is 19.9 Å². The van der Waals surface area contributed by atoms with E-state index in [2.05, 4.69) is 27.5 Å². The number of amides is 1. The van der Waals surface area contributed by atoms with Crippen molar-refractivity contribution in [3.8, 4) is 0 Å². The summed E-state index contributed by atoms with van der Waals surface area (Å²) < 4.78 is 1.19. The van der Waals surface area contributed by atoms with Gasteiger partial charge in [-0.1, -0.05) is 12.8 Å². The van der Waals surface area contributed by atoms with E-state index in [1.807, 2.05) is 11.4 Å². The van der Waals surface area contributed by atoms with Gasteiger partial charge < -0.3 is 4.90 Å². The molecule has 18 heavy (non-hydrogen) atoms. The first kappa shape index (κ1) is 12.9. The zero-order chi connectivity index (χ0) is 12.6. The van der Waals surface area contributed by atoms with Gasteiger partial charge in [-0.3, -0.25) is 4.79 Å². The number of rotatable bonds is 1. The molecule has 1 aliphatic heterocycles. The highest BCUT2D eigenvalue weighted by Gasteiger charge is 2.38. The highest BCUT2D eigenvalue weighted by atomic mass is 127. The van der Waals surface area contributed by atoms with Crippen LogP contribution in [0.25, 0.3) is 0 Å². The van der Waals surface area contributed by atoms with E-state index in [1.54, 1.807) is 11.3 Å². The monoisotopic (exact) mass is 375 g/mol. The molecule has 1 aromatic rings. The number of carbonyl (C=O) groups is 1. The van der Waals surface area contributed by atoms with E-state index in [9.17, 15) is 4.79 Å². The number of thiophene rings is 1. The number of hydrogen-bond acceptors (Lipinski definition) is 2. The molecule has 1 aliphatic carbocycles. The van der Waals surface area contributed by atoms with Gasteiger partial charge in [-0.25, -0.2) is 0 Å². The Kier molecular flexibility index (Phi) is 3.67. The van der Waals surface area contributed by atoms with Gasteiger partial charge in [-0.2, -0.15) is 0 Å². The first-order valence-corrected chi connectivity index (χ1v) is 8.68. The number of carbonyl (C=O) groups excluding carboxylic acids is 1. The summed E-state index contributed by atoms with van der Waals surface area (Å²) in [5.41, 5.74) is 1.48. The lowest BCUT2D eigenvalue weighted by Crippen LogP contribution is -2.42. The molecule has 0 atom stereocenters. The zero-order valence-corrected chi connectivity index (χ0v) is 13.4. The molecule has 4 heteroatoms. The minimum Gasteiger partial charge on any atom is -0.339 e. The third-order valence-electron chi connectivity index (χ3n) is 4.59. The molecule has 1 aromatic heterocycles. The molecule has 1 saturated carbocycles. The Morgan fingerprint density at radius 1 is 1.22 bits per heavy atom. The maximum atomic E-state index is 12.3. The quantitative estimate of drug-likeness (QED) is 0.676. The largest absolute Gasteiger partial charge is 0.339 e.